The first-order chi connectivity index (χ1) is 17.8. The Bertz CT molecular complexity index is 1460. The number of rotatable bonds is 5. The predicted molar refractivity (Wildman–Crippen MR) is 155 cm³/mol. The number of hydrogen-bond acceptors (Lipinski definition) is 7. The number of amidine groups is 1. The Morgan fingerprint density at radius 2 is 1.84 bits per heavy atom. The zero-order chi connectivity index (χ0) is 26.2. The molecule has 0 bridgehead atoms. The number of carbonyl (C=O) groups excluding carboxylic acids is 1. The molecule has 10 heteroatoms. The van der Waals surface area contributed by atoms with Crippen LogP contribution in [-0.4, -0.2) is 70.9 Å². The van der Waals surface area contributed by atoms with Crippen LogP contribution in [-0.2, 0) is 0 Å². The highest BCUT2D eigenvalue weighted by Crippen LogP contribution is 2.38. The molecule has 0 spiro atoms. The lowest BCUT2D eigenvalue weighted by molar-refractivity contribution is 0.165. The molecule has 196 valence electrons. The van der Waals surface area contributed by atoms with Gasteiger partial charge in [0.1, 0.15) is 17.7 Å². The molecule has 2 aliphatic heterocycles. The third-order valence-corrected chi connectivity index (χ3v) is 7.01. The van der Waals surface area contributed by atoms with E-state index in [0.717, 1.165) is 22.1 Å². The number of urea groups is 1. The zero-order valence-electron chi connectivity index (χ0n) is 22.0. The second-order valence-corrected chi connectivity index (χ2v) is 10.1. The number of hydrogen-bond donors (Lipinski definition) is 2. The Balaban J connectivity index is 0.00000336. The van der Waals surface area contributed by atoms with E-state index in [4.69, 9.17) is 4.99 Å². The Hall–Kier alpha value is -3.94. The van der Waals surface area contributed by atoms with Gasteiger partial charge in [-0.25, -0.2) is 14.8 Å². The van der Waals surface area contributed by atoms with E-state index in [0.29, 0.717) is 36.8 Å². The number of aliphatic imine (C=N–C) groups is 1. The van der Waals surface area contributed by atoms with Crippen molar-refractivity contribution in [3.05, 3.63) is 77.1 Å². The molecule has 0 radical (unpaired) electrons. The smallest absolute Gasteiger partial charge is 0.318 e. The van der Waals surface area contributed by atoms with E-state index in [1.54, 1.807) is 0 Å². The van der Waals surface area contributed by atoms with E-state index in [-0.39, 0.29) is 31.4 Å². The van der Waals surface area contributed by atoms with Crippen LogP contribution >= 0.6 is 13.5 Å². The number of carbonyl (C=O) groups is 1. The summed E-state index contributed by atoms with van der Waals surface area (Å²) < 4.78 is 0. The van der Waals surface area contributed by atoms with Crippen molar-refractivity contribution in [2.24, 2.45) is 4.99 Å². The van der Waals surface area contributed by atoms with Gasteiger partial charge in [-0.3, -0.25) is 4.99 Å². The third kappa shape index (κ3) is 5.08. The average molecular weight is 529 g/mol. The van der Waals surface area contributed by atoms with Gasteiger partial charge in [-0.05, 0) is 51.2 Å². The molecule has 9 nitrogen and oxygen atoms in total. The summed E-state index contributed by atoms with van der Waals surface area (Å²) in [6.07, 6.45) is 0. The van der Waals surface area contributed by atoms with Gasteiger partial charge in [0, 0.05) is 17.5 Å². The van der Waals surface area contributed by atoms with E-state index in [1.807, 2.05) is 79.7 Å². The average Bonchev–Trinajstić information content (AvgIpc) is 3.41. The van der Waals surface area contributed by atoms with Gasteiger partial charge in [-0.1, -0.05) is 42.5 Å². The molecule has 2 aliphatic rings. The fourth-order valence-electron chi connectivity index (χ4n) is 5.03. The number of para-hydroxylation sites is 1. The lowest BCUT2D eigenvalue weighted by atomic mass is 9.94. The number of nitrogens with zero attached hydrogens (tertiary/aromatic N) is 6. The maximum atomic E-state index is 13.6. The molecule has 3 heterocycles. The number of nitrogens with one attached hydrogen (secondary N) is 2. The minimum atomic E-state index is -0.503. The van der Waals surface area contributed by atoms with E-state index in [1.165, 1.54) is 0 Å². The van der Waals surface area contributed by atoms with Gasteiger partial charge < -0.3 is 20.4 Å². The molecule has 2 N–H and O–H groups in total. The van der Waals surface area contributed by atoms with Crippen molar-refractivity contribution >= 4 is 42.1 Å². The molecular formula is C28H32N8OS. The SMILES string of the molecule is CN(C)C[C@@H](NC(=O)N1CC2=C(CN=C2Nc2nc(C#N)nc3ccccc23)C1(C)C)c1ccccc1.S. The van der Waals surface area contributed by atoms with Crippen LogP contribution < -0.4 is 10.6 Å². The highest BCUT2D eigenvalue weighted by molar-refractivity contribution is 7.59. The molecule has 2 amide bonds. The van der Waals surface area contributed by atoms with Gasteiger partial charge in [-0.2, -0.15) is 18.8 Å². The van der Waals surface area contributed by atoms with Crippen LogP contribution in [0.1, 0.15) is 31.3 Å². The van der Waals surface area contributed by atoms with Crippen molar-refractivity contribution in [2.45, 2.75) is 25.4 Å². The highest BCUT2D eigenvalue weighted by atomic mass is 32.1. The summed E-state index contributed by atoms with van der Waals surface area (Å²) >= 11 is 0. The molecule has 0 fully saturated rings. The summed E-state index contributed by atoms with van der Waals surface area (Å²) in [5, 5.41) is 16.8. The number of likely N-dealkylation sites (N-methyl/N-ethyl adjacent to an activating group) is 1. The van der Waals surface area contributed by atoms with Crippen molar-refractivity contribution in [3.8, 4) is 6.07 Å². The first-order valence-corrected chi connectivity index (χ1v) is 12.3. The number of anilines is 1. The van der Waals surface area contributed by atoms with Gasteiger partial charge in [0.25, 0.3) is 0 Å². The van der Waals surface area contributed by atoms with Crippen molar-refractivity contribution in [3.63, 3.8) is 0 Å². The van der Waals surface area contributed by atoms with Gasteiger partial charge in [0.15, 0.2) is 0 Å². The summed E-state index contributed by atoms with van der Waals surface area (Å²) in [6.45, 7) is 5.74. The van der Waals surface area contributed by atoms with Crippen LogP contribution in [0.2, 0.25) is 0 Å². The molecule has 0 saturated heterocycles. The maximum absolute atomic E-state index is 13.6. The summed E-state index contributed by atoms with van der Waals surface area (Å²) in [5.74, 6) is 1.30. The lowest BCUT2D eigenvalue weighted by Gasteiger charge is -2.36. The largest absolute Gasteiger partial charge is 0.330 e. The maximum Gasteiger partial charge on any atom is 0.318 e. The van der Waals surface area contributed by atoms with Crippen molar-refractivity contribution in [1.29, 1.82) is 5.26 Å². The number of nitriles is 1. The summed E-state index contributed by atoms with van der Waals surface area (Å²) in [4.78, 5) is 31.0. The fourth-order valence-corrected chi connectivity index (χ4v) is 5.03. The van der Waals surface area contributed by atoms with Crippen molar-refractivity contribution in [1.82, 2.24) is 25.1 Å². The molecule has 3 aromatic rings. The number of amides is 2. The monoisotopic (exact) mass is 528 g/mol. The van der Waals surface area contributed by atoms with E-state index < -0.39 is 5.54 Å². The summed E-state index contributed by atoms with van der Waals surface area (Å²) in [5.41, 5.74) is 3.34. The standard InChI is InChI=1S/C28H30N8O.H2S/c1-28(2)21-15-30-25(34-26-19-12-8-9-13-22(19)31-24(14-29)33-26)20(21)16-36(28)27(37)32-23(17-35(3)4)18-10-6-5-7-11-18;/h5-13,23H,15-17H2,1-4H3,(H,32,37)(H,30,31,33,34);1H2/t23-;/m1./s1. The third-order valence-electron chi connectivity index (χ3n) is 7.01. The Labute approximate surface area is 229 Å². The minimum Gasteiger partial charge on any atom is -0.330 e. The van der Waals surface area contributed by atoms with Crippen LogP contribution in [0, 0.1) is 11.3 Å². The first kappa shape index (κ1) is 27.1. The molecule has 1 aromatic heterocycles. The molecule has 0 saturated carbocycles. The minimum absolute atomic E-state index is 0. The molecular weight excluding hydrogens is 496 g/mol. The van der Waals surface area contributed by atoms with Crippen molar-refractivity contribution < 1.29 is 4.79 Å². The molecule has 0 unspecified atom stereocenters. The molecule has 2 aromatic carbocycles. The van der Waals surface area contributed by atoms with E-state index in [9.17, 15) is 10.1 Å². The number of benzene rings is 2. The van der Waals surface area contributed by atoms with E-state index >= 15 is 0 Å². The Morgan fingerprint density at radius 3 is 2.55 bits per heavy atom. The van der Waals surface area contributed by atoms with Gasteiger partial charge in [-0.15, -0.1) is 0 Å². The Kier molecular flexibility index (Phi) is 7.71. The second kappa shape index (κ2) is 10.8. The zero-order valence-corrected chi connectivity index (χ0v) is 23.0. The van der Waals surface area contributed by atoms with E-state index in [2.05, 4.69) is 39.3 Å². The molecule has 38 heavy (non-hydrogen) atoms. The van der Waals surface area contributed by atoms with Crippen LogP contribution in [0.5, 0.6) is 0 Å². The van der Waals surface area contributed by atoms with Gasteiger partial charge in [0.05, 0.1) is 30.2 Å². The van der Waals surface area contributed by atoms with Crippen LogP contribution in [0.3, 0.4) is 0 Å². The first-order valence-electron chi connectivity index (χ1n) is 12.3. The topological polar surface area (TPSA) is 110 Å². The van der Waals surface area contributed by atoms with Crippen LogP contribution in [0.4, 0.5) is 10.6 Å². The summed E-state index contributed by atoms with van der Waals surface area (Å²) in [6, 6.07) is 19.4. The van der Waals surface area contributed by atoms with Crippen LogP contribution in [0.15, 0.2) is 70.7 Å². The van der Waals surface area contributed by atoms with Gasteiger partial charge >= 0.3 is 6.03 Å². The van der Waals surface area contributed by atoms with Crippen molar-refractivity contribution in [2.75, 3.05) is 39.0 Å². The lowest BCUT2D eigenvalue weighted by Crippen LogP contribution is -2.52. The molecule has 0 aliphatic carbocycles. The fraction of sp³-hybridized carbons (Fsp3) is 0.321. The number of aromatic nitrogens is 2. The van der Waals surface area contributed by atoms with Crippen LogP contribution in [0.25, 0.3) is 10.9 Å². The normalized spacial score (nSPS) is 16.5. The predicted octanol–water partition coefficient (Wildman–Crippen LogP) is 3.84. The molecule has 5 rings (SSSR count). The number of fused-ring (bicyclic) bond motifs is 1. The molecule has 1 atom stereocenters. The summed E-state index contributed by atoms with van der Waals surface area (Å²) in [7, 11) is 4.00. The quantitative estimate of drug-likeness (QED) is 0.521. The highest BCUT2D eigenvalue weighted by Gasteiger charge is 2.45. The van der Waals surface area contributed by atoms with Gasteiger partial charge in [0.2, 0.25) is 5.82 Å². The Morgan fingerprint density at radius 1 is 1.13 bits per heavy atom. The second-order valence-electron chi connectivity index (χ2n) is 10.1.